The molecule has 0 atom stereocenters. The standard InChI is InChI=1S/C13H19N3OS/c1-2-14-13(18)16-15-12(17)10-6-9-11-7-4-3-5-8-11/h3-5,7-8H,2,6,9-10H2,1H3,(H,15,17)(H2,14,16,18). The monoisotopic (exact) mass is 265 g/mol. The van der Waals surface area contributed by atoms with Crippen LogP contribution in [0, 0.1) is 0 Å². The van der Waals surface area contributed by atoms with E-state index in [1.54, 1.807) is 0 Å². The average Bonchev–Trinajstić information content (AvgIpc) is 2.38. The van der Waals surface area contributed by atoms with E-state index in [-0.39, 0.29) is 5.91 Å². The van der Waals surface area contributed by atoms with Crippen molar-refractivity contribution in [3.05, 3.63) is 35.9 Å². The van der Waals surface area contributed by atoms with E-state index >= 15 is 0 Å². The number of hydrogen-bond acceptors (Lipinski definition) is 2. The fraction of sp³-hybridized carbons (Fsp3) is 0.385. The number of amides is 1. The minimum atomic E-state index is -0.0498. The lowest BCUT2D eigenvalue weighted by molar-refractivity contribution is -0.121. The van der Waals surface area contributed by atoms with Gasteiger partial charge in [0.1, 0.15) is 0 Å². The quantitative estimate of drug-likeness (QED) is 0.558. The van der Waals surface area contributed by atoms with Gasteiger partial charge in [-0.2, -0.15) is 0 Å². The summed E-state index contributed by atoms with van der Waals surface area (Å²) in [6.07, 6.45) is 2.22. The summed E-state index contributed by atoms with van der Waals surface area (Å²) in [6, 6.07) is 10.1. The molecule has 0 aliphatic carbocycles. The van der Waals surface area contributed by atoms with Gasteiger partial charge >= 0.3 is 0 Å². The minimum Gasteiger partial charge on any atom is -0.362 e. The van der Waals surface area contributed by atoms with Crippen LogP contribution in [0.3, 0.4) is 0 Å². The molecule has 1 rings (SSSR count). The molecule has 0 saturated heterocycles. The summed E-state index contributed by atoms with van der Waals surface area (Å²) >= 11 is 4.92. The number of carbonyl (C=O) groups excluding carboxylic acids is 1. The zero-order chi connectivity index (χ0) is 13.2. The highest BCUT2D eigenvalue weighted by molar-refractivity contribution is 7.80. The summed E-state index contributed by atoms with van der Waals surface area (Å²) < 4.78 is 0. The molecule has 4 nitrogen and oxygen atoms in total. The van der Waals surface area contributed by atoms with Gasteiger partial charge in [0, 0.05) is 13.0 Å². The molecular weight excluding hydrogens is 246 g/mol. The number of aryl methyl sites for hydroxylation is 1. The van der Waals surface area contributed by atoms with E-state index in [0.717, 1.165) is 19.4 Å². The fourth-order valence-electron chi connectivity index (χ4n) is 1.49. The molecule has 98 valence electrons. The summed E-state index contributed by atoms with van der Waals surface area (Å²) in [5.41, 5.74) is 6.46. The minimum absolute atomic E-state index is 0.0498. The second kappa shape index (κ2) is 8.47. The Morgan fingerprint density at radius 1 is 1.22 bits per heavy atom. The Bertz CT molecular complexity index is 381. The van der Waals surface area contributed by atoms with E-state index in [9.17, 15) is 4.79 Å². The molecular formula is C13H19N3OS. The summed E-state index contributed by atoms with van der Waals surface area (Å²) in [6.45, 7) is 2.67. The molecule has 0 bridgehead atoms. The van der Waals surface area contributed by atoms with Crippen LogP contribution in [0.5, 0.6) is 0 Å². The van der Waals surface area contributed by atoms with Crippen LogP contribution in [0.25, 0.3) is 0 Å². The second-order valence-corrected chi connectivity index (χ2v) is 4.28. The zero-order valence-electron chi connectivity index (χ0n) is 10.5. The maximum absolute atomic E-state index is 11.5. The normalized spacial score (nSPS) is 9.61. The van der Waals surface area contributed by atoms with E-state index in [0.29, 0.717) is 11.5 Å². The van der Waals surface area contributed by atoms with Crippen LogP contribution >= 0.6 is 12.2 Å². The lowest BCUT2D eigenvalue weighted by Crippen LogP contribution is -2.46. The summed E-state index contributed by atoms with van der Waals surface area (Å²) in [5.74, 6) is -0.0498. The van der Waals surface area contributed by atoms with Crippen molar-refractivity contribution in [1.82, 2.24) is 16.2 Å². The fourth-order valence-corrected chi connectivity index (χ4v) is 1.69. The van der Waals surface area contributed by atoms with Crippen LogP contribution in [0.2, 0.25) is 0 Å². The first-order valence-electron chi connectivity index (χ1n) is 6.09. The van der Waals surface area contributed by atoms with Crippen molar-refractivity contribution in [2.75, 3.05) is 6.54 Å². The zero-order valence-corrected chi connectivity index (χ0v) is 11.3. The van der Waals surface area contributed by atoms with E-state index in [1.165, 1.54) is 5.56 Å². The molecule has 1 aromatic carbocycles. The van der Waals surface area contributed by atoms with Crippen molar-refractivity contribution >= 4 is 23.2 Å². The molecule has 0 spiro atoms. The molecule has 0 fully saturated rings. The smallest absolute Gasteiger partial charge is 0.238 e. The van der Waals surface area contributed by atoms with Gasteiger partial charge in [-0.3, -0.25) is 15.6 Å². The van der Waals surface area contributed by atoms with Crippen molar-refractivity contribution < 1.29 is 4.79 Å². The summed E-state index contributed by atoms with van der Waals surface area (Å²) in [4.78, 5) is 11.5. The highest BCUT2D eigenvalue weighted by atomic mass is 32.1. The molecule has 1 aromatic rings. The van der Waals surface area contributed by atoms with Crippen LogP contribution in [-0.4, -0.2) is 17.6 Å². The molecule has 18 heavy (non-hydrogen) atoms. The van der Waals surface area contributed by atoms with Crippen LogP contribution in [0.4, 0.5) is 0 Å². The Balaban J connectivity index is 2.12. The summed E-state index contributed by atoms with van der Waals surface area (Å²) in [7, 11) is 0. The average molecular weight is 265 g/mol. The number of benzene rings is 1. The Labute approximate surface area is 113 Å². The largest absolute Gasteiger partial charge is 0.362 e. The van der Waals surface area contributed by atoms with Crippen molar-refractivity contribution in [2.45, 2.75) is 26.2 Å². The topological polar surface area (TPSA) is 53.2 Å². The van der Waals surface area contributed by atoms with E-state index in [2.05, 4.69) is 28.3 Å². The van der Waals surface area contributed by atoms with Gasteiger partial charge in [0.25, 0.3) is 0 Å². The SMILES string of the molecule is CCNC(=S)NNC(=O)CCCc1ccccc1. The van der Waals surface area contributed by atoms with Crippen molar-refractivity contribution in [2.24, 2.45) is 0 Å². The Kier molecular flexibility index (Phi) is 6.79. The number of nitrogens with one attached hydrogen (secondary N) is 3. The van der Waals surface area contributed by atoms with E-state index in [1.807, 2.05) is 25.1 Å². The van der Waals surface area contributed by atoms with Crippen LogP contribution in [0.15, 0.2) is 30.3 Å². The molecule has 0 aliphatic heterocycles. The van der Waals surface area contributed by atoms with E-state index in [4.69, 9.17) is 12.2 Å². The number of thiocarbonyl (C=S) groups is 1. The molecule has 0 radical (unpaired) electrons. The Morgan fingerprint density at radius 2 is 1.94 bits per heavy atom. The number of hydrazine groups is 1. The first kappa shape index (κ1) is 14.4. The van der Waals surface area contributed by atoms with Gasteiger partial charge in [-0.15, -0.1) is 0 Å². The van der Waals surface area contributed by atoms with Gasteiger partial charge in [0.15, 0.2) is 5.11 Å². The maximum atomic E-state index is 11.5. The molecule has 1 amide bonds. The summed E-state index contributed by atoms with van der Waals surface area (Å²) in [5, 5.41) is 3.33. The molecule has 0 saturated carbocycles. The maximum Gasteiger partial charge on any atom is 0.238 e. The third-order valence-corrected chi connectivity index (χ3v) is 2.61. The first-order valence-corrected chi connectivity index (χ1v) is 6.49. The van der Waals surface area contributed by atoms with E-state index < -0.39 is 0 Å². The molecule has 0 aromatic heterocycles. The second-order valence-electron chi connectivity index (χ2n) is 3.87. The van der Waals surface area contributed by atoms with Gasteiger partial charge in [0.2, 0.25) is 5.91 Å². The molecule has 0 unspecified atom stereocenters. The van der Waals surface area contributed by atoms with Crippen LogP contribution in [-0.2, 0) is 11.2 Å². The number of rotatable bonds is 5. The Hall–Kier alpha value is -1.62. The number of hydrogen-bond donors (Lipinski definition) is 3. The molecule has 0 heterocycles. The first-order chi connectivity index (χ1) is 8.72. The lowest BCUT2D eigenvalue weighted by Gasteiger charge is -2.09. The Morgan fingerprint density at radius 3 is 2.61 bits per heavy atom. The third-order valence-electron chi connectivity index (χ3n) is 2.36. The van der Waals surface area contributed by atoms with Gasteiger partial charge in [0.05, 0.1) is 0 Å². The number of carbonyl (C=O) groups is 1. The molecule has 0 aliphatic rings. The predicted octanol–water partition coefficient (Wildman–Crippen LogP) is 1.52. The van der Waals surface area contributed by atoms with Gasteiger partial charge < -0.3 is 5.32 Å². The lowest BCUT2D eigenvalue weighted by atomic mass is 10.1. The predicted molar refractivity (Wildman–Crippen MR) is 76.9 cm³/mol. The van der Waals surface area contributed by atoms with Gasteiger partial charge in [-0.05, 0) is 37.5 Å². The molecule has 5 heteroatoms. The van der Waals surface area contributed by atoms with Crippen LogP contribution < -0.4 is 16.2 Å². The van der Waals surface area contributed by atoms with Gasteiger partial charge in [-0.25, -0.2) is 0 Å². The molecule has 3 N–H and O–H groups in total. The van der Waals surface area contributed by atoms with Crippen molar-refractivity contribution in [3.8, 4) is 0 Å². The van der Waals surface area contributed by atoms with Crippen molar-refractivity contribution in [3.63, 3.8) is 0 Å². The van der Waals surface area contributed by atoms with Gasteiger partial charge in [-0.1, -0.05) is 30.3 Å². The van der Waals surface area contributed by atoms with Crippen LogP contribution in [0.1, 0.15) is 25.3 Å². The highest BCUT2D eigenvalue weighted by Gasteiger charge is 2.01. The van der Waals surface area contributed by atoms with Crippen molar-refractivity contribution in [1.29, 1.82) is 0 Å². The third kappa shape index (κ3) is 6.20. The highest BCUT2D eigenvalue weighted by Crippen LogP contribution is 2.03.